The number of rotatable bonds is 14. The molecule has 1 N–H and O–H groups in total. The number of hydrogen-bond donors (Lipinski definition) is 1. The van der Waals surface area contributed by atoms with E-state index in [-0.39, 0.29) is 22.7 Å². The molecule has 0 unspecified atom stereocenters. The van der Waals surface area contributed by atoms with Gasteiger partial charge in [-0.1, -0.05) is 49.2 Å². The van der Waals surface area contributed by atoms with Crippen molar-refractivity contribution < 1.29 is 27.1 Å². The van der Waals surface area contributed by atoms with Gasteiger partial charge in [0, 0.05) is 18.7 Å². The van der Waals surface area contributed by atoms with Crippen LogP contribution in [0.1, 0.15) is 44.7 Å². The van der Waals surface area contributed by atoms with Crippen LogP contribution in [0.4, 0.5) is 10.1 Å². The molecule has 41 heavy (non-hydrogen) atoms. The number of anilines is 1. The number of nitrogens with one attached hydrogen (secondary N) is 1. The summed E-state index contributed by atoms with van der Waals surface area (Å²) < 4.78 is 48.9. The SMILES string of the molecule is CCCCNC(=O)[C@@H](C)N(Cc1ccccc1F)C(=O)CN(c1ccc(OCC)cc1)S(=O)(=O)c1ccc(C)cc1. The van der Waals surface area contributed by atoms with Crippen molar-refractivity contribution in [3.05, 3.63) is 89.7 Å². The van der Waals surface area contributed by atoms with Crippen LogP contribution in [0.3, 0.4) is 0 Å². The number of hydrogen-bond acceptors (Lipinski definition) is 5. The summed E-state index contributed by atoms with van der Waals surface area (Å²) >= 11 is 0. The fourth-order valence-electron chi connectivity index (χ4n) is 4.17. The van der Waals surface area contributed by atoms with Gasteiger partial charge in [-0.25, -0.2) is 12.8 Å². The minimum atomic E-state index is -4.20. The van der Waals surface area contributed by atoms with Gasteiger partial charge < -0.3 is 15.0 Å². The van der Waals surface area contributed by atoms with E-state index in [9.17, 15) is 22.4 Å². The van der Waals surface area contributed by atoms with Crippen molar-refractivity contribution in [1.29, 1.82) is 0 Å². The Morgan fingerprint density at radius 1 is 0.976 bits per heavy atom. The zero-order valence-corrected chi connectivity index (χ0v) is 24.8. The molecule has 220 valence electrons. The van der Waals surface area contributed by atoms with Gasteiger partial charge in [-0.05, 0) is 69.7 Å². The maximum atomic E-state index is 14.6. The number of halogens is 1. The van der Waals surface area contributed by atoms with Gasteiger partial charge in [-0.15, -0.1) is 0 Å². The second-order valence-corrected chi connectivity index (χ2v) is 11.5. The monoisotopic (exact) mass is 583 g/mol. The van der Waals surface area contributed by atoms with Gasteiger partial charge in [0.05, 0.1) is 17.2 Å². The number of aryl methyl sites for hydroxylation is 1. The molecule has 0 fully saturated rings. The Morgan fingerprint density at radius 3 is 2.24 bits per heavy atom. The molecule has 3 rings (SSSR count). The van der Waals surface area contributed by atoms with Crippen LogP contribution in [0.25, 0.3) is 0 Å². The molecule has 0 aromatic heterocycles. The summed E-state index contributed by atoms with van der Waals surface area (Å²) in [5.74, 6) is -1.04. The molecule has 2 amide bonds. The molecule has 0 spiro atoms. The number of amides is 2. The Labute approximate surface area is 242 Å². The van der Waals surface area contributed by atoms with Crippen molar-refractivity contribution >= 4 is 27.5 Å². The molecular formula is C31H38FN3O5S. The number of ether oxygens (including phenoxy) is 1. The van der Waals surface area contributed by atoms with Crippen LogP contribution < -0.4 is 14.4 Å². The van der Waals surface area contributed by atoms with E-state index in [1.54, 1.807) is 49.4 Å². The maximum Gasteiger partial charge on any atom is 0.264 e. The van der Waals surface area contributed by atoms with E-state index < -0.39 is 40.2 Å². The van der Waals surface area contributed by atoms with E-state index >= 15 is 0 Å². The molecule has 0 aliphatic carbocycles. The molecule has 0 saturated carbocycles. The molecule has 3 aromatic carbocycles. The highest BCUT2D eigenvalue weighted by Gasteiger charge is 2.32. The Hall–Kier alpha value is -3.92. The van der Waals surface area contributed by atoms with Gasteiger partial charge in [0.15, 0.2) is 0 Å². The highest BCUT2D eigenvalue weighted by atomic mass is 32.2. The lowest BCUT2D eigenvalue weighted by molar-refractivity contribution is -0.139. The first-order valence-electron chi connectivity index (χ1n) is 13.7. The van der Waals surface area contributed by atoms with Crippen molar-refractivity contribution in [2.75, 3.05) is 24.0 Å². The summed E-state index contributed by atoms with van der Waals surface area (Å²) in [4.78, 5) is 28.1. The number of sulfonamides is 1. The fraction of sp³-hybridized carbons (Fsp3) is 0.355. The van der Waals surface area contributed by atoms with Gasteiger partial charge in [0.25, 0.3) is 10.0 Å². The molecule has 8 nitrogen and oxygen atoms in total. The summed E-state index contributed by atoms with van der Waals surface area (Å²) in [6.45, 7) is 7.28. The van der Waals surface area contributed by atoms with E-state index in [0.717, 1.165) is 22.7 Å². The highest BCUT2D eigenvalue weighted by Crippen LogP contribution is 2.27. The van der Waals surface area contributed by atoms with E-state index in [0.29, 0.717) is 18.9 Å². The van der Waals surface area contributed by atoms with E-state index in [1.807, 2.05) is 20.8 Å². The lowest BCUT2D eigenvalue weighted by Crippen LogP contribution is -2.51. The third-order valence-corrected chi connectivity index (χ3v) is 8.41. The number of carbonyl (C=O) groups excluding carboxylic acids is 2. The summed E-state index contributed by atoms with van der Waals surface area (Å²) in [6.07, 6.45) is 1.64. The Bertz CT molecular complexity index is 1410. The van der Waals surface area contributed by atoms with Crippen LogP contribution in [0.15, 0.2) is 77.7 Å². The molecule has 0 aliphatic heterocycles. The molecule has 0 aliphatic rings. The first-order chi connectivity index (χ1) is 19.6. The minimum absolute atomic E-state index is 0.01000. The Balaban J connectivity index is 2.01. The zero-order chi connectivity index (χ0) is 30.0. The summed E-state index contributed by atoms with van der Waals surface area (Å²) in [5.41, 5.74) is 1.34. The number of nitrogens with zero attached hydrogens (tertiary/aromatic N) is 2. The molecular weight excluding hydrogens is 545 g/mol. The molecule has 10 heteroatoms. The molecule has 3 aromatic rings. The van der Waals surface area contributed by atoms with Crippen molar-refractivity contribution in [2.24, 2.45) is 0 Å². The highest BCUT2D eigenvalue weighted by molar-refractivity contribution is 7.92. The van der Waals surface area contributed by atoms with Crippen LogP contribution in [0.5, 0.6) is 5.75 Å². The van der Waals surface area contributed by atoms with E-state index in [1.165, 1.54) is 35.2 Å². The number of benzene rings is 3. The molecule has 0 saturated heterocycles. The molecule has 1 atom stereocenters. The minimum Gasteiger partial charge on any atom is -0.494 e. The average Bonchev–Trinajstić information content (AvgIpc) is 2.96. The maximum absolute atomic E-state index is 14.6. The third kappa shape index (κ3) is 8.29. The van der Waals surface area contributed by atoms with Crippen LogP contribution in [-0.4, -0.2) is 50.9 Å². The third-order valence-electron chi connectivity index (χ3n) is 6.62. The normalized spacial score (nSPS) is 11.9. The zero-order valence-electron chi connectivity index (χ0n) is 24.0. The molecule has 0 heterocycles. The summed E-state index contributed by atoms with van der Waals surface area (Å²) in [5, 5.41) is 2.81. The Kier molecular flexibility index (Phi) is 11.3. The van der Waals surface area contributed by atoms with Crippen molar-refractivity contribution in [1.82, 2.24) is 10.2 Å². The predicted molar refractivity (Wildman–Crippen MR) is 158 cm³/mol. The fourth-order valence-corrected chi connectivity index (χ4v) is 5.58. The van der Waals surface area contributed by atoms with Gasteiger partial charge in [0.2, 0.25) is 11.8 Å². The smallest absolute Gasteiger partial charge is 0.264 e. The lowest BCUT2D eigenvalue weighted by atomic mass is 10.1. The van der Waals surface area contributed by atoms with E-state index in [2.05, 4.69) is 5.32 Å². The quantitative estimate of drug-likeness (QED) is 0.268. The average molecular weight is 584 g/mol. The number of unbranched alkanes of at least 4 members (excludes halogenated alkanes) is 1. The number of carbonyl (C=O) groups is 2. The first kappa shape index (κ1) is 31.6. The van der Waals surface area contributed by atoms with Crippen LogP contribution in [-0.2, 0) is 26.2 Å². The standard InChI is InChI=1S/C31H38FN3O5S/c1-5-7-20-33-31(37)24(4)34(21-25-10-8-9-11-29(25)32)30(36)22-35(26-14-16-27(17-15-26)40-6-2)41(38,39)28-18-12-23(3)13-19-28/h8-19,24H,5-7,20-22H2,1-4H3,(H,33,37)/t24-/m1/s1. The largest absolute Gasteiger partial charge is 0.494 e. The van der Waals surface area contributed by atoms with Crippen molar-refractivity contribution in [3.8, 4) is 5.75 Å². The van der Waals surface area contributed by atoms with Gasteiger partial charge in [-0.3, -0.25) is 13.9 Å². The topological polar surface area (TPSA) is 96.0 Å². The molecule has 0 radical (unpaired) electrons. The first-order valence-corrected chi connectivity index (χ1v) is 15.1. The lowest BCUT2D eigenvalue weighted by Gasteiger charge is -2.32. The van der Waals surface area contributed by atoms with Crippen molar-refractivity contribution in [2.45, 2.75) is 58.0 Å². The summed E-state index contributed by atoms with van der Waals surface area (Å²) in [6, 6.07) is 17.7. The van der Waals surface area contributed by atoms with Gasteiger partial charge in [-0.2, -0.15) is 0 Å². The van der Waals surface area contributed by atoms with Crippen molar-refractivity contribution in [3.63, 3.8) is 0 Å². The van der Waals surface area contributed by atoms with Crippen LogP contribution >= 0.6 is 0 Å². The Morgan fingerprint density at radius 2 is 1.63 bits per heavy atom. The van der Waals surface area contributed by atoms with E-state index in [4.69, 9.17) is 4.74 Å². The van der Waals surface area contributed by atoms with Crippen LogP contribution in [0.2, 0.25) is 0 Å². The predicted octanol–water partition coefficient (Wildman–Crippen LogP) is 5.06. The van der Waals surface area contributed by atoms with Gasteiger partial charge >= 0.3 is 0 Å². The second-order valence-electron chi connectivity index (χ2n) is 9.69. The second kappa shape index (κ2) is 14.6. The summed E-state index contributed by atoms with van der Waals surface area (Å²) in [7, 11) is -4.20. The van der Waals surface area contributed by atoms with Crippen LogP contribution in [0, 0.1) is 12.7 Å². The van der Waals surface area contributed by atoms with Gasteiger partial charge in [0.1, 0.15) is 24.2 Å². The molecule has 0 bridgehead atoms.